The number of nitrogens with one attached hydrogen (secondary N) is 1. The largest absolute Gasteiger partial charge is 0.367 e. The third-order valence-electron chi connectivity index (χ3n) is 6.19. The molecule has 158 valence electrons. The Morgan fingerprint density at radius 3 is 2.87 bits per heavy atom. The van der Waals surface area contributed by atoms with Crippen molar-refractivity contribution in [3.05, 3.63) is 54.3 Å². The molecular weight excluding hydrogens is 383 g/mol. The van der Waals surface area contributed by atoms with Gasteiger partial charge in [0.1, 0.15) is 0 Å². The third-order valence-corrected chi connectivity index (χ3v) is 6.19. The van der Waals surface area contributed by atoms with Gasteiger partial charge in [-0.1, -0.05) is 13.2 Å². The van der Waals surface area contributed by atoms with E-state index in [0.29, 0.717) is 35.0 Å². The summed E-state index contributed by atoms with van der Waals surface area (Å²) in [5, 5.41) is 6.92. The lowest BCUT2D eigenvalue weighted by atomic mass is 9.97. The van der Waals surface area contributed by atoms with Crippen LogP contribution in [-0.2, 0) is 13.6 Å². The molecule has 0 spiro atoms. The monoisotopic (exact) mass is 410 g/mol. The molecular formula is C22H27FN6O. The molecule has 0 aliphatic carbocycles. The van der Waals surface area contributed by atoms with Gasteiger partial charge in [-0.15, -0.1) is 0 Å². The average Bonchev–Trinajstić information content (AvgIpc) is 3.34. The molecule has 0 aromatic carbocycles. The van der Waals surface area contributed by atoms with Crippen LogP contribution in [0.1, 0.15) is 35.7 Å². The van der Waals surface area contributed by atoms with E-state index in [-0.39, 0.29) is 24.3 Å². The second-order valence-electron chi connectivity index (χ2n) is 8.08. The summed E-state index contributed by atoms with van der Waals surface area (Å²) in [5.74, 6) is -0.483. The van der Waals surface area contributed by atoms with E-state index in [4.69, 9.17) is 0 Å². The van der Waals surface area contributed by atoms with E-state index in [2.05, 4.69) is 40.4 Å². The lowest BCUT2D eigenvalue weighted by Crippen LogP contribution is -2.49. The Hall–Kier alpha value is -3.16. The van der Waals surface area contributed by atoms with Gasteiger partial charge in [0.05, 0.1) is 17.5 Å². The summed E-state index contributed by atoms with van der Waals surface area (Å²) >= 11 is 0. The number of aromatic nitrogens is 3. The Labute approximate surface area is 175 Å². The van der Waals surface area contributed by atoms with E-state index >= 15 is 4.39 Å². The highest BCUT2D eigenvalue weighted by atomic mass is 19.1. The highest BCUT2D eigenvalue weighted by Gasteiger charge is 2.34. The maximum atomic E-state index is 15.5. The normalized spacial score (nSPS) is 20.7. The second-order valence-corrected chi connectivity index (χ2v) is 8.08. The number of carbonyl (C=O) groups is 1. The molecule has 7 nitrogen and oxygen atoms in total. The zero-order valence-electron chi connectivity index (χ0n) is 17.7. The van der Waals surface area contributed by atoms with E-state index in [1.54, 1.807) is 30.2 Å². The second kappa shape index (κ2) is 7.59. The zero-order valence-corrected chi connectivity index (χ0v) is 17.7. The van der Waals surface area contributed by atoms with Crippen LogP contribution in [0.15, 0.2) is 37.3 Å². The Balaban J connectivity index is 1.75. The van der Waals surface area contributed by atoms with Crippen LogP contribution in [0.5, 0.6) is 0 Å². The minimum atomic E-state index is -0.439. The van der Waals surface area contributed by atoms with E-state index < -0.39 is 5.82 Å². The van der Waals surface area contributed by atoms with Crippen molar-refractivity contribution in [2.75, 3.05) is 18.5 Å². The maximum absolute atomic E-state index is 15.5. The van der Waals surface area contributed by atoms with Crippen LogP contribution in [0.4, 0.5) is 10.2 Å². The predicted molar refractivity (Wildman–Crippen MR) is 114 cm³/mol. The summed E-state index contributed by atoms with van der Waals surface area (Å²) in [7, 11) is 3.66. The van der Waals surface area contributed by atoms with Crippen LogP contribution in [0.3, 0.4) is 0 Å². The molecule has 2 unspecified atom stereocenters. The van der Waals surface area contributed by atoms with Crippen molar-refractivity contribution in [3.8, 4) is 11.3 Å². The summed E-state index contributed by atoms with van der Waals surface area (Å²) in [4.78, 5) is 21.1. The standard InChI is InChI=1S/C22H27FN6O/c1-6-13(2)29-12-16(8-7-14(29)3)28(5)21-19(23)17-10-24-22(30)18(17)20(26-21)15-9-25-27(4)11-15/h6,9,11,14,16H,1-2,7-8,10,12H2,3-5H3,(H,24,30). The third kappa shape index (κ3) is 3.26. The van der Waals surface area contributed by atoms with Crippen LogP contribution in [0, 0.1) is 5.82 Å². The number of aryl methyl sites for hydroxylation is 1. The number of hydrogen-bond acceptors (Lipinski definition) is 5. The predicted octanol–water partition coefficient (Wildman–Crippen LogP) is 2.85. The molecule has 1 N–H and O–H groups in total. The summed E-state index contributed by atoms with van der Waals surface area (Å²) in [6.45, 7) is 11.0. The van der Waals surface area contributed by atoms with E-state index in [1.165, 1.54) is 0 Å². The quantitative estimate of drug-likeness (QED) is 0.768. The molecule has 0 radical (unpaired) electrons. The van der Waals surface area contributed by atoms with Crippen molar-refractivity contribution in [2.45, 2.75) is 38.4 Å². The van der Waals surface area contributed by atoms with E-state index in [9.17, 15) is 4.79 Å². The Kier molecular flexibility index (Phi) is 5.09. The highest BCUT2D eigenvalue weighted by molar-refractivity contribution is 6.04. The number of anilines is 1. The Morgan fingerprint density at radius 1 is 1.43 bits per heavy atom. The van der Waals surface area contributed by atoms with E-state index in [0.717, 1.165) is 18.5 Å². The van der Waals surface area contributed by atoms with Gasteiger partial charge in [-0.3, -0.25) is 9.48 Å². The molecule has 2 aromatic rings. The number of piperidine rings is 1. The van der Waals surface area contributed by atoms with Crippen molar-refractivity contribution in [1.29, 1.82) is 0 Å². The first-order valence-electron chi connectivity index (χ1n) is 10.1. The number of rotatable bonds is 5. The minimum absolute atomic E-state index is 0.0600. The summed E-state index contributed by atoms with van der Waals surface area (Å²) in [6.07, 6.45) is 7.06. The molecule has 2 aromatic heterocycles. The fourth-order valence-electron chi connectivity index (χ4n) is 4.35. The van der Waals surface area contributed by atoms with Crippen molar-refractivity contribution in [1.82, 2.24) is 25.0 Å². The number of pyridine rings is 1. The molecule has 1 saturated heterocycles. The molecule has 0 saturated carbocycles. The van der Waals surface area contributed by atoms with Gasteiger partial charge in [0.2, 0.25) is 0 Å². The molecule has 1 fully saturated rings. The number of carbonyl (C=O) groups excluding carboxylic acids is 1. The van der Waals surface area contributed by atoms with Crippen LogP contribution in [-0.4, -0.2) is 51.2 Å². The number of likely N-dealkylation sites (tertiary alicyclic amines) is 1. The number of halogens is 1. The molecule has 2 atom stereocenters. The number of likely N-dealkylation sites (N-methyl/N-ethyl adjacent to an activating group) is 1. The number of fused-ring (bicyclic) bond motifs is 1. The Bertz CT molecular complexity index is 1030. The fraction of sp³-hybridized carbons (Fsp3) is 0.409. The fourth-order valence-corrected chi connectivity index (χ4v) is 4.35. The molecule has 2 aliphatic heterocycles. The maximum Gasteiger partial charge on any atom is 0.254 e. The van der Waals surface area contributed by atoms with Gasteiger partial charge in [-0.2, -0.15) is 5.10 Å². The number of nitrogens with zero attached hydrogens (tertiary/aromatic N) is 5. The van der Waals surface area contributed by atoms with Crippen molar-refractivity contribution in [2.24, 2.45) is 7.05 Å². The lowest BCUT2D eigenvalue weighted by molar-refractivity contribution is 0.0966. The van der Waals surface area contributed by atoms with Crippen molar-refractivity contribution < 1.29 is 9.18 Å². The SMILES string of the molecule is C=CC(=C)N1CC(N(C)c2nc(-c3cnn(C)c3)c3c(c2F)CNC3=O)CCC1C. The number of amides is 1. The topological polar surface area (TPSA) is 66.3 Å². The first kappa shape index (κ1) is 20.1. The Morgan fingerprint density at radius 2 is 2.20 bits per heavy atom. The van der Waals surface area contributed by atoms with Gasteiger partial charge in [0.25, 0.3) is 5.91 Å². The van der Waals surface area contributed by atoms with Crippen LogP contribution >= 0.6 is 0 Å². The molecule has 1 amide bonds. The number of allylic oxidation sites excluding steroid dienone is 1. The molecule has 8 heteroatoms. The summed E-state index contributed by atoms with van der Waals surface area (Å²) in [6, 6.07) is 0.413. The molecule has 4 rings (SSSR count). The smallest absolute Gasteiger partial charge is 0.254 e. The lowest BCUT2D eigenvalue weighted by Gasteiger charge is -2.43. The van der Waals surface area contributed by atoms with Gasteiger partial charge < -0.3 is 15.1 Å². The molecule has 2 aliphatic rings. The van der Waals surface area contributed by atoms with Crippen molar-refractivity contribution in [3.63, 3.8) is 0 Å². The van der Waals surface area contributed by atoms with E-state index in [1.807, 2.05) is 11.9 Å². The molecule has 0 bridgehead atoms. The summed E-state index contributed by atoms with van der Waals surface area (Å²) < 4.78 is 17.1. The van der Waals surface area contributed by atoms with Crippen molar-refractivity contribution >= 4 is 11.7 Å². The summed E-state index contributed by atoms with van der Waals surface area (Å²) in [5.41, 5.74) is 2.70. The van der Waals surface area contributed by atoms with Gasteiger partial charge in [0.15, 0.2) is 11.6 Å². The highest BCUT2D eigenvalue weighted by Crippen LogP contribution is 2.35. The first-order chi connectivity index (χ1) is 14.3. The molecule has 30 heavy (non-hydrogen) atoms. The van der Waals surface area contributed by atoms with Gasteiger partial charge >= 0.3 is 0 Å². The molecule has 4 heterocycles. The van der Waals surface area contributed by atoms with Crippen LogP contribution < -0.4 is 10.2 Å². The average molecular weight is 410 g/mol. The van der Waals surface area contributed by atoms with Crippen LogP contribution in [0.2, 0.25) is 0 Å². The zero-order chi connectivity index (χ0) is 21.6. The first-order valence-corrected chi connectivity index (χ1v) is 10.1. The van der Waals surface area contributed by atoms with Gasteiger partial charge in [-0.25, -0.2) is 9.37 Å². The number of hydrogen-bond donors (Lipinski definition) is 1. The van der Waals surface area contributed by atoms with Gasteiger partial charge in [-0.05, 0) is 25.8 Å². The minimum Gasteiger partial charge on any atom is -0.367 e. The van der Waals surface area contributed by atoms with Crippen LogP contribution in [0.25, 0.3) is 11.3 Å². The van der Waals surface area contributed by atoms with Gasteiger partial charge in [0, 0.05) is 62.3 Å².